The quantitative estimate of drug-likeness (QED) is 0.514. The Balaban J connectivity index is 2.19. The average molecular weight is 348 g/mol. The molecular weight excluding hydrogens is 324 g/mol. The first-order valence-electron chi connectivity index (χ1n) is 8.38. The second-order valence-electron chi connectivity index (χ2n) is 6.31. The zero-order chi connectivity index (χ0) is 18.4. The first-order chi connectivity index (χ1) is 11.9. The molecule has 25 heavy (non-hydrogen) atoms. The van der Waals surface area contributed by atoms with Gasteiger partial charge >= 0.3 is 5.97 Å². The number of allylic oxidation sites excluding steroid dienone is 2. The van der Waals surface area contributed by atoms with Crippen molar-refractivity contribution in [1.82, 2.24) is 20.1 Å². The average Bonchev–Trinajstić information content (AvgIpc) is 3.03. The first kappa shape index (κ1) is 18.7. The molecule has 1 aromatic heterocycles. The highest BCUT2D eigenvalue weighted by Crippen LogP contribution is 2.30. The van der Waals surface area contributed by atoms with Crippen LogP contribution in [0.25, 0.3) is 11.3 Å². The van der Waals surface area contributed by atoms with Crippen LogP contribution < -0.4 is 5.32 Å². The molecule has 0 unspecified atom stereocenters. The number of rotatable bonds is 7. The minimum absolute atomic E-state index is 0.108. The molecule has 2 rings (SSSR count). The fraction of sp³-hybridized carbons (Fsp3) is 0.529. The van der Waals surface area contributed by atoms with Crippen LogP contribution in [0.3, 0.4) is 0 Å². The van der Waals surface area contributed by atoms with Gasteiger partial charge in [-0.15, -0.1) is 0 Å². The second-order valence-corrected chi connectivity index (χ2v) is 6.31. The molecule has 8 nitrogen and oxygen atoms in total. The van der Waals surface area contributed by atoms with E-state index < -0.39 is 18.4 Å². The summed E-state index contributed by atoms with van der Waals surface area (Å²) in [4.78, 5) is 27.0. The lowest BCUT2D eigenvalue weighted by Gasteiger charge is -2.22. The van der Waals surface area contributed by atoms with Crippen molar-refractivity contribution >= 4 is 23.1 Å². The molecule has 136 valence electrons. The van der Waals surface area contributed by atoms with Gasteiger partial charge in [-0.25, -0.2) is 9.67 Å². The summed E-state index contributed by atoms with van der Waals surface area (Å²) in [6.45, 7) is 4.85. The van der Waals surface area contributed by atoms with Gasteiger partial charge in [0.15, 0.2) is 5.82 Å². The molecule has 1 aromatic rings. The third kappa shape index (κ3) is 4.91. The Hall–Kier alpha value is -2.64. The maximum atomic E-state index is 12.2. The number of aliphatic hydroxyl groups excluding tert-OH is 1. The van der Waals surface area contributed by atoms with Crippen molar-refractivity contribution < 1.29 is 19.8 Å². The number of hydrogen-bond acceptors (Lipinski definition) is 5. The van der Waals surface area contributed by atoms with Gasteiger partial charge in [0.2, 0.25) is 0 Å². The van der Waals surface area contributed by atoms with E-state index in [0.717, 1.165) is 19.3 Å². The van der Waals surface area contributed by atoms with Crippen molar-refractivity contribution in [2.75, 3.05) is 6.54 Å². The molecule has 0 aromatic carbocycles. The van der Waals surface area contributed by atoms with Crippen LogP contribution in [0.2, 0.25) is 0 Å². The molecule has 1 heterocycles. The predicted molar refractivity (Wildman–Crippen MR) is 92.4 cm³/mol. The lowest BCUT2D eigenvalue weighted by atomic mass is 9.86. The molecule has 0 spiro atoms. The Bertz CT molecular complexity index is 683. The largest absolute Gasteiger partial charge is 0.512 e. The molecule has 3 N–H and O–H groups in total. The van der Waals surface area contributed by atoms with Gasteiger partial charge in [0.05, 0.1) is 0 Å². The highest BCUT2D eigenvalue weighted by atomic mass is 16.4. The van der Waals surface area contributed by atoms with Crippen LogP contribution in [0.15, 0.2) is 18.7 Å². The summed E-state index contributed by atoms with van der Waals surface area (Å²) in [6, 6.07) is 0. The fourth-order valence-electron chi connectivity index (χ4n) is 3.13. The van der Waals surface area contributed by atoms with Crippen molar-refractivity contribution in [3.63, 3.8) is 0 Å². The van der Waals surface area contributed by atoms with Crippen LogP contribution in [0.1, 0.15) is 51.3 Å². The number of aromatic nitrogens is 3. The molecule has 1 aliphatic rings. The second kappa shape index (κ2) is 8.46. The van der Waals surface area contributed by atoms with Gasteiger partial charge in [0, 0.05) is 5.70 Å². The Morgan fingerprint density at radius 1 is 1.32 bits per heavy atom. The Morgan fingerprint density at radius 3 is 2.60 bits per heavy atom. The number of nitrogens with zero attached hydrogens (tertiary/aromatic N) is 3. The zero-order valence-corrected chi connectivity index (χ0v) is 14.4. The molecule has 0 atom stereocenters. The molecule has 8 heteroatoms. The van der Waals surface area contributed by atoms with Gasteiger partial charge in [-0.1, -0.05) is 38.7 Å². The lowest BCUT2D eigenvalue weighted by Crippen LogP contribution is -2.31. The van der Waals surface area contributed by atoms with E-state index in [4.69, 9.17) is 5.11 Å². The molecule has 1 aliphatic carbocycles. The SMILES string of the molecule is C=C(CC1CCCCC1)n1ncnc1/C(C(=O)NCC(=O)O)=C(\C)O. The van der Waals surface area contributed by atoms with Gasteiger partial charge in [-0.3, -0.25) is 9.59 Å². The van der Waals surface area contributed by atoms with E-state index in [0.29, 0.717) is 11.6 Å². The molecule has 0 aliphatic heterocycles. The summed E-state index contributed by atoms with van der Waals surface area (Å²) < 4.78 is 1.45. The van der Waals surface area contributed by atoms with Crippen molar-refractivity contribution in [1.29, 1.82) is 0 Å². The minimum atomic E-state index is -1.17. The topological polar surface area (TPSA) is 117 Å². The number of amides is 1. The molecule has 0 bridgehead atoms. The Labute approximate surface area is 146 Å². The van der Waals surface area contributed by atoms with Crippen LogP contribution in [0.5, 0.6) is 0 Å². The number of carbonyl (C=O) groups is 2. The number of nitrogens with one attached hydrogen (secondary N) is 1. The van der Waals surface area contributed by atoms with Crippen LogP contribution in [-0.2, 0) is 9.59 Å². The summed E-state index contributed by atoms with van der Waals surface area (Å²) in [7, 11) is 0. The standard InChI is InChI=1S/C17H24N4O4/c1-11(8-13-6-4-3-5-7-13)21-16(19-10-20-21)15(12(2)22)17(25)18-9-14(23)24/h10,13,22H,1,3-9H2,2H3,(H,18,25)(H,23,24)/b15-12-. The van der Waals surface area contributed by atoms with E-state index >= 15 is 0 Å². The molecule has 1 saturated carbocycles. The highest BCUT2D eigenvalue weighted by molar-refractivity contribution is 6.19. The Morgan fingerprint density at radius 2 is 2.00 bits per heavy atom. The number of hydrogen-bond donors (Lipinski definition) is 3. The maximum absolute atomic E-state index is 12.2. The highest BCUT2D eigenvalue weighted by Gasteiger charge is 2.24. The first-order valence-corrected chi connectivity index (χ1v) is 8.38. The minimum Gasteiger partial charge on any atom is -0.512 e. The van der Waals surface area contributed by atoms with Crippen LogP contribution in [-0.4, -0.2) is 43.4 Å². The van der Waals surface area contributed by atoms with E-state index in [1.165, 1.54) is 37.2 Å². The van der Waals surface area contributed by atoms with Gasteiger partial charge < -0.3 is 15.5 Å². The number of carboxylic acids is 1. The molecule has 1 fully saturated rings. The van der Waals surface area contributed by atoms with Crippen LogP contribution in [0.4, 0.5) is 0 Å². The van der Waals surface area contributed by atoms with E-state index in [2.05, 4.69) is 22.0 Å². The van der Waals surface area contributed by atoms with Gasteiger partial charge in [-0.05, 0) is 19.3 Å². The van der Waals surface area contributed by atoms with Crippen molar-refractivity contribution in [3.05, 3.63) is 24.5 Å². The summed E-state index contributed by atoms with van der Waals surface area (Å²) >= 11 is 0. The predicted octanol–water partition coefficient (Wildman–Crippen LogP) is 2.21. The summed E-state index contributed by atoms with van der Waals surface area (Å²) in [5, 5.41) is 25.0. The molecular formula is C17H24N4O4. The number of carboxylic acid groups (broad SMARTS) is 1. The van der Waals surface area contributed by atoms with E-state index in [9.17, 15) is 14.7 Å². The van der Waals surface area contributed by atoms with Gasteiger partial charge in [0.25, 0.3) is 5.91 Å². The molecule has 0 saturated heterocycles. The molecule has 0 radical (unpaired) electrons. The van der Waals surface area contributed by atoms with Gasteiger partial charge in [0.1, 0.15) is 24.2 Å². The van der Waals surface area contributed by atoms with E-state index in [-0.39, 0.29) is 17.2 Å². The van der Waals surface area contributed by atoms with Crippen molar-refractivity contribution in [2.24, 2.45) is 5.92 Å². The third-order valence-electron chi connectivity index (χ3n) is 4.31. The van der Waals surface area contributed by atoms with Crippen molar-refractivity contribution in [3.8, 4) is 0 Å². The normalized spacial score (nSPS) is 16.2. The number of aliphatic hydroxyl groups is 1. The van der Waals surface area contributed by atoms with E-state index in [1.54, 1.807) is 0 Å². The molecule has 1 amide bonds. The fourth-order valence-corrected chi connectivity index (χ4v) is 3.13. The lowest BCUT2D eigenvalue weighted by molar-refractivity contribution is -0.137. The van der Waals surface area contributed by atoms with Crippen LogP contribution >= 0.6 is 0 Å². The number of aliphatic carboxylic acids is 1. The maximum Gasteiger partial charge on any atom is 0.322 e. The van der Waals surface area contributed by atoms with E-state index in [1.807, 2.05) is 0 Å². The summed E-state index contributed by atoms with van der Waals surface area (Å²) in [5.41, 5.74) is 0.590. The smallest absolute Gasteiger partial charge is 0.322 e. The number of carbonyl (C=O) groups excluding carboxylic acids is 1. The van der Waals surface area contributed by atoms with Crippen LogP contribution in [0, 0.1) is 5.92 Å². The van der Waals surface area contributed by atoms with Gasteiger partial charge in [-0.2, -0.15) is 5.10 Å². The third-order valence-corrected chi connectivity index (χ3v) is 4.31. The zero-order valence-electron chi connectivity index (χ0n) is 14.4. The summed E-state index contributed by atoms with van der Waals surface area (Å²) in [5.74, 6) is -1.47. The summed E-state index contributed by atoms with van der Waals surface area (Å²) in [6.07, 6.45) is 7.99. The monoisotopic (exact) mass is 348 g/mol. The van der Waals surface area contributed by atoms with Crippen molar-refractivity contribution in [2.45, 2.75) is 45.4 Å². The Kier molecular flexibility index (Phi) is 6.32.